The van der Waals surface area contributed by atoms with Crippen molar-refractivity contribution in [3.05, 3.63) is 39.4 Å². The Morgan fingerprint density at radius 1 is 1.53 bits per heavy atom. The van der Waals surface area contributed by atoms with Crippen molar-refractivity contribution in [1.82, 2.24) is 4.98 Å². The van der Waals surface area contributed by atoms with Crippen LogP contribution in [-0.2, 0) is 4.74 Å². The number of carbonyl (C=O) groups is 1. The molecule has 0 aliphatic rings. The Morgan fingerprint density at radius 3 is 3.05 bits per heavy atom. The Balaban J connectivity index is 2.27. The molecule has 0 spiro atoms. The van der Waals surface area contributed by atoms with Gasteiger partial charge in [-0.15, -0.1) is 11.3 Å². The zero-order chi connectivity index (χ0) is 13.8. The SMILES string of the molecule is CCOC(=O)c1ncsc1Nc1cccc(Br)c1C. The molecule has 0 radical (unpaired) electrons. The molecule has 2 aromatic rings. The van der Waals surface area contributed by atoms with E-state index in [2.05, 4.69) is 26.2 Å². The van der Waals surface area contributed by atoms with E-state index in [0.717, 1.165) is 15.7 Å². The molecule has 0 bridgehead atoms. The van der Waals surface area contributed by atoms with Gasteiger partial charge in [0.15, 0.2) is 5.69 Å². The summed E-state index contributed by atoms with van der Waals surface area (Å²) in [6.07, 6.45) is 0. The van der Waals surface area contributed by atoms with Crippen LogP contribution in [-0.4, -0.2) is 17.6 Å². The Labute approximate surface area is 124 Å². The molecule has 0 saturated heterocycles. The number of esters is 1. The molecule has 6 heteroatoms. The number of ether oxygens (including phenoxy) is 1. The number of benzene rings is 1. The molecule has 0 saturated carbocycles. The lowest BCUT2D eigenvalue weighted by Crippen LogP contribution is -2.07. The number of hydrogen-bond acceptors (Lipinski definition) is 5. The van der Waals surface area contributed by atoms with Gasteiger partial charge in [0.2, 0.25) is 0 Å². The molecule has 0 aliphatic carbocycles. The van der Waals surface area contributed by atoms with Gasteiger partial charge in [0.1, 0.15) is 5.00 Å². The summed E-state index contributed by atoms with van der Waals surface area (Å²) in [5, 5.41) is 3.92. The van der Waals surface area contributed by atoms with Gasteiger partial charge in [-0.05, 0) is 31.5 Å². The third-order valence-corrected chi connectivity index (χ3v) is 4.15. The molecule has 1 heterocycles. The summed E-state index contributed by atoms with van der Waals surface area (Å²) in [7, 11) is 0. The molecular weight excluding hydrogens is 328 g/mol. The number of nitrogens with one attached hydrogen (secondary N) is 1. The number of rotatable bonds is 4. The highest BCUT2D eigenvalue weighted by atomic mass is 79.9. The molecule has 0 fully saturated rings. The highest BCUT2D eigenvalue weighted by Gasteiger charge is 2.16. The van der Waals surface area contributed by atoms with Crippen LogP contribution in [0.25, 0.3) is 0 Å². The summed E-state index contributed by atoms with van der Waals surface area (Å²) in [5.41, 5.74) is 3.96. The number of aromatic nitrogens is 1. The second kappa shape index (κ2) is 6.16. The van der Waals surface area contributed by atoms with E-state index in [4.69, 9.17) is 4.74 Å². The first kappa shape index (κ1) is 14.0. The van der Waals surface area contributed by atoms with E-state index in [9.17, 15) is 4.79 Å². The molecule has 100 valence electrons. The number of halogens is 1. The molecule has 1 aromatic carbocycles. The average molecular weight is 341 g/mol. The quantitative estimate of drug-likeness (QED) is 0.850. The van der Waals surface area contributed by atoms with Gasteiger partial charge in [-0.3, -0.25) is 0 Å². The van der Waals surface area contributed by atoms with Crippen LogP contribution in [0.3, 0.4) is 0 Å². The van der Waals surface area contributed by atoms with E-state index in [1.807, 2.05) is 25.1 Å². The predicted octanol–water partition coefficient (Wildman–Crippen LogP) is 4.13. The topological polar surface area (TPSA) is 51.2 Å². The van der Waals surface area contributed by atoms with Gasteiger partial charge in [0.25, 0.3) is 0 Å². The van der Waals surface area contributed by atoms with Crippen LogP contribution < -0.4 is 5.32 Å². The fourth-order valence-electron chi connectivity index (χ4n) is 1.54. The molecule has 1 N–H and O–H groups in total. The first-order chi connectivity index (χ1) is 9.13. The van der Waals surface area contributed by atoms with Crippen molar-refractivity contribution >= 4 is 43.9 Å². The summed E-state index contributed by atoms with van der Waals surface area (Å²) in [6, 6.07) is 5.86. The largest absolute Gasteiger partial charge is 0.461 e. The Bertz CT molecular complexity index is 598. The molecule has 2 rings (SSSR count). The van der Waals surface area contributed by atoms with Crippen LogP contribution >= 0.6 is 27.3 Å². The zero-order valence-corrected chi connectivity index (χ0v) is 13.0. The van der Waals surface area contributed by atoms with Gasteiger partial charge in [-0.2, -0.15) is 0 Å². The van der Waals surface area contributed by atoms with E-state index in [1.165, 1.54) is 11.3 Å². The third kappa shape index (κ3) is 3.13. The van der Waals surface area contributed by atoms with Crippen molar-refractivity contribution in [3.8, 4) is 0 Å². The van der Waals surface area contributed by atoms with Crippen LogP contribution in [0.4, 0.5) is 10.7 Å². The van der Waals surface area contributed by atoms with Crippen molar-refractivity contribution in [2.24, 2.45) is 0 Å². The molecule has 0 unspecified atom stereocenters. The third-order valence-electron chi connectivity index (χ3n) is 2.55. The number of hydrogen-bond donors (Lipinski definition) is 1. The molecule has 0 amide bonds. The second-order valence-electron chi connectivity index (χ2n) is 3.79. The fourth-order valence-corrected chi connectivity index (χ4v) is 2.59. The molecule has 0 atom stereocenters. The molecule has 1 aromatic heterocycles. The van der Waals surface area contributed by atoms with Crippen LogP contribution in [0.2, 0.25) is 0 Å². The second-order valence-corrected chi connectivity index (χ2v) is 5.50. The van der Waals surface area contributed by atoms with Crippen molar-refractivity contribution in [3.63, 3.8) is 0 Å². The molecular formula is C13H13BrN2O2S. The van der Waals surface area contributed by atoms with Gasteiger partial charge in [0, 0.05) is 10.2 Å². The van der Waals surface area contributed by atoms with Gasteiger partial charge < -0.3 is 10.1 Å². The predicted molar refractivity (Wildman–Crippen MR) is 80.2 cm³/mol. The number of carbonyl (C=O) groups excluding carboxylic acids is 1. The average Bonchev–Trinajstić information content (AvgIpc) is 2.83. The van der Waals surface area contributed by atoms with Crippen LogP contribution in [0.1, 0.15) is 23.0 Å². The van der Waals surface area contributed by atoms with Crippen molar-refractivity contribution in [2.75, 3.05) is 11.9 Å². The van der Waals surface area contributed by atoms with Gasteiger partial charge in [0.05, 0.1) is 12.1 Å². The summed E-state index contributed by atoms with van der Waals surface area (Å²) in [4.78, 5) is 15.8. The number of nitrogens with zero attached hydrogens (tertiary/aromatic N) is 1. The minimum absolute atomic E-state index is 0.325. The minimum Gasteiger partial charge on any atom is -0.461 e. The highest BCUT2D eigenvalue weighted by molar-refractivity contribution is 9.10. The zero-order valence-electron chi connectivity index (χ0n) is 10.6. The van der Waals surface area contributed by atoms with E-state index in [0.29, 0.717) is 17.3 Å². The lowest BCUT2D eigenvalue weighted by atomic mass is 10.2. The summed E-state index contributed by atoms with van der Waals surface area (Å²) < 4.78 is 5.99. The van der Waals surface area contributed by atoms with Crippen LogP contribution in [0, 0.1) is 6.92 Å². The summed E-state index contributed by atoms with van der Waals surface area (Å²) in [5.74, 6) is -0.404. The molecule has 19 heavy (non-hydrogen) atoms. The normalized spacial score (nSPS) is 10.3. The smallest absolute Gasteiger partial charge is 0.360 e. The fraction of sp³-hybridized carbons (Fsp3) is 0.231. The lowest BCUT2D eigenvalue weighted by Gasteiger charge is -2.10. The maximum absolute atomic E-state index is 11.7. The number of anilines is 2. The minimum atomic E-state index is -0.404. The Hall–Kier alpha value is -1.40. The van der Waals surface area contributed by atoms with Gasteiger partial charge >= 0.3 is 5.97 Å². The molecule has 0 aliphatic heterocycles. The summed E-state index contributed by atoms with van der Waals surface area (Å²) in [6.45, 7) is 4.11. The van der Waals surface area contributed by atoms with Crippen molar-refractivity contribution in [1.29, 1.82) is 0 Å². The number of thiazole rings is 1. The highest BCUT2D eigenvalue weighted by Crippen LogP contribution is 2.30. The first-order valence-electron chi connectivity index (χ1n) is 5.76. The Kier molecular flexibility index (Phi) is 4.55. The standard InChI is InChI=1S/C13H13BrN2O2S/c1-3-18-13(17)11-12(19-7-15-11)16-10-6-4-5-9(14)8(10)2/h4-7,16H,3H2,1-2H3. The van der Waals surface area contributed by atoms with Gasteiger partial charge in [-0.25, -0.2) is 9.78 Å². The maximum atomic E-state index is 11.7. The monoisotopic (exact) mass is 340 g/mol. The van der Waals surface area contributed by atoms with E-state index >= 15 is 0 Å². The maximum Gasteiger partial charge on any atom is 0.360 e. The van der Waals surface area contributed by atoms with Crippen molar-refractivity contribution < 1.29 is 9.53 Å². The van der Waals surface area contributed by atoms with E-state index in [-0.39, 0.29) is 0 Å². The van der Waals surface area contributed by atoms with E-state index < -0.39 is 5.97 Å². The van der Waals surface area contributed by atoms with Crippen molar-refractivity contribution in [2.45, 2.75) is 13.8 Å². The Morgan fingerprint density at radius 2 is 2.32 bits per heavy atom. The molecule has 4 nitrogen and oxygen atoms in total. The first-order valence-corrected chi connectivity index (χ1v) is 7.43. The van der Waals surface area contributed by atoms with Crippen LogP contribution in [0.15, 0.2) is 28.2 Å². The van der Waals surface area contributed by atoms with Crippen LogP contribution in [0.5, 0.6) is 0 Å². The van der Waals surface area contributed by atoms with Gasteiger partial charge in [-0.1, -0.05) is 22.0 Å². The lowest BCUT2D eigenvalue weighted by molar-refractivity contribution is 0.0521. The summed E-state index contributed by atoms with van der Waals surface area (Å²) >= 11 is 4.85. The van der Waals surface area contributed by atoms with E-state index in [1.54, 1.807) is 12.4 Å².